The number of carbonyl (C=O) groups is 2. The summed E-state index contributed by atoms with van der Waals surface area (Å²) in [6.45, 7) is 16.5. The van der Waals surface area contributed by atoms with Crippen molar-refractivity contribution in [1.29, 1.82) is 0 Å². The van der Waals surface area contributed by atoms with Gasteiger partial charge in [-0.15, -0.1) is 0 Å². The van der Waals surface area contributed by atoms with E-state index in [0.29, 0.717) is 18.3 Å². The highest BCUT2D eigenvalue weighted by Gasteiger charge is 2.41. The van der Waals surface area contributed by atoms with Crippen LogP contribution in [0.25, 0.3) is 44.1 Å². The van der Waals surface area contributed by atoms with E-state index >= 15 is 0 Å². The quantitative estimate of drug-likeness (QED) is 0.127. The first-order valence-electron chi connectivity index (χ1n) is 23.4. The van der Waals surface area contributed by atoms with Crippen LogP contribution in [0.2, 0.25) is 0 Å². The maximum atomic E-state index is 13.2. The Labute approximate surface area is 387 Å². The molecule has 2 aliphatic heterocycles. The van der Waals surface area contributed by atoms with Gasteiger partial charge in [-0.2, -0.15) is 10.2 Å². The number of amides is 2. The third-order valence-electron chi connectivity index (χ3n) is 13.9. The maximum absolute atomic E-state index is 13.2. The number of ether oxygens (including phenoxy) is 1. The molecule has 2 aliphatic rings. The number of nitrogens with zero attached hydrogens (tertiary/aromatic N) is 6. The Balaban J connectivity index is 0.000000166. The molecule has 0 aliphatic carbocycles. The van der Waals surface area contributed by atoms with Crippen LogP contribution in [0.15, 0.2) is 128 Å². The third-order valence-corrected chi connectivity index (χ3v) is 13.9. The van der Waals surface area contributed by atoms with Gasteiger partial charge in [0.2, 0.25) is 5.91 Å². The highest BCUT2D eigenvalue weighted by molar-refractivity contribution is 5.87. The first-order chi connectivity index (χ1) is 31.9. The number of hydrogen-bond acceptors (Lipinski definition) is 5. The van der Waals surface area contributed by atoms with E-state index in [4.69, 9.17) is 4.74 Å². The van der Waals surface area contributed by atoms with E-state index in [-0.39, 0.29) is 30.0 Å². The van der Waals surface area contributed by atoms with Crippen molar-refractivity contribution in [3.63, 3.8) is 0 Å². The fraction of sp³-hybridized carbons (Fsp3) is 0.345. The average molecular weight is 883 g/mol. The molecular weight excluding hydrogens is 821 g/mol. The molecule has 0 bridgehead atoms. The van der Waals surface area contributed by atoms with Gasteiger partial charge >= 0.3 is 0 Å². The van der Waals surface area contributed by atoms with Gasteiger partial charge in [-0.05, 0) is 138 Å². The lowest BCUT2D eigenvalue weighted by Gasteiger charge is -2.31. The molecule has 3 atom stereocenters. The molecule has 3 unspecified atom stereocenters. The zero-order valence-electron chi connectivity index (χ0n) is 39.1. The number of aromatic amines is 2. The van der Waals surface area contributed by atoms with Crippen molar-refractivity contribution in [2.45, 2.75) is 91.9 Å². The topological polar surface area (TPSA) is 117 Å². The van der Waals surface area contributed by atoms with Gasteiger partial charge in [0.1, 0.15) is 5.75 Å². The lowest BCUT2D eigenvalue weighted by molar-refractivity contribution is -0.135. The summed E-state index contributed by atoms with van der Waals surface area (Å²) in [5, 5.41) is 16.4. The predicted molar refractivity (Wildman–Crippen MR) is 263 cm³/mol. The molecule has 0 spiro atoms. The van der Waals surface area contributed by atoms with E-state index in [0.717, 1.165) is 67.9 Å². The largest absolute Gasteiger partial charge is 0.484 e. The van der Waals surface area contributed by atoms with Crippen LogP contribution in [0.1, 0.15) is 62.5 Å². The summed E-state index contributed by atoms with van der Waals surface area (Å²) in [6, 6.07) is 36.0. The zero-order chi connectivity index (χ0) is 46.0. The zero-order valence-corrected chi connectivity index (χ0v) is 39.1. The Kier molecular flexibility index (Phi) is 12.7. The van der Waals surface area contributed by atoms with Crippen LogP contribution in [0, 0.1) is 32.6 Å². The lowest BCUT2D eigenvalue weighted by atomic mass is 9.96. The van der Waals surface area contributed by atoms with E-state index < -0.39 is 0 Å². The molecule has 4 aromatic heterocycles. The molecule has 0 saturated carbocycles. The minimum absolute atomic E-state index is 0.0580. The molecule has 4 aromatic carbocycles. The summed E-state index contributed by atoms with van der Waals surface area (Å²) in [6.07, 6.45) is 10.9. The SMILES string of the molecule is Cc1cc2cc(-c3cn[nH]c3)ccc2n1CC1CC(C)N(C(=O)COc2ccccc2)C1.Cc1ccc(CCC(=O)N2CC(Cn3c(C)cc4cc(-c5cn[nH]c5)ccc43)CC2(C)C)cc1. The minimum Gasteiger partial charge on any atom is -0.484 e. The minimum atomic E-state index is -0.111. The molecule has 0 radical (unpaired) electrons. The van der Waals surface area contributed by atoms with Gasteiger partial charge in [0, 0.05) is 101 Å². The van der Waals surface area contributed by atoms with Crippen molar-refractivity contribution in [1.82, 2.24) is 39.3 Å². The molecule has 8 aromatic rings. The fourth-order valence-electron chi connectivity index (χ4n) is 10.5. The van der Waals surface area contributed by atoms with Crippen molar-refractivity contribution in [3.8, 4) is 28.0 Å². The van der Waals surface area contributed by atoms with Gasteiger partial charge in [0.05, 0.1) is 12.4 Å². The summed E-state index contributed by atoms with van der Waals surface area (Å²) in [7, 11) is 0. The molecule has 66 heavy (non-hydrogen) atoms. The number of carbonyl (C=O) groups excluding carboxylic acids is 2. The molecule has 2 saturated heterocycles. The second-order valence-corrected chi connectivity index (χ2v) is 19.3. The van der Waals surface area contributed by atoms with E-state index in [1.54, 1.807) is 0 Å². The van der Waals surface area contributed by atoms with Crippen molar-refractivity contribution in [3.05, 3.63) is 150 Å². The van der Waals surface area contributed by atoms with E-state index in [2.05, 4.69) is 149 Å². The van der Waals surface area contributed by atoms with E-state index in [1.807, 2.05) is 60.0 Å². The first kappa shape index (κ1) is 44.3. The fourth-order valence-corrected chi connectivity index (χ4v) is 10.5. The number of fused-ring (bicyclic) bond motifs is 2. The Bertz CT molecular complexity index is 2910. The number of hydrogen-bond donors (Lipinski definition) is 2. The second-order valence-electron chi connectivity index (χ2n) is 19.3. The van der Waals surface area contributed by atoms with Crippen LogP contribution in [-0.2, 0) is 29.1 Å². The molecule has 6 heterocycles. The number of aromatic nitrogens is 6. The van der Waals surface area contributed by atoms with Crippen LogP contribution in [0.3, 0.4) is 0 Å². The van der Waals surface area contributed by atoms with Crippen molar-refractivity contribution < 1.29 is 14.3 Å². The third kappa shape index (κ3) is 9.71. The maximum Gasteiger partial charge on any atom is 0.260 e. The molecule has 2 N–H and O–H groups in total. The number of H-pyrrole nitrogens is 2. The van der Waals surface area contributed by atoms with Crippen LogP contribution in [0.5, 0.6) is 5.75 Å². The summed E-state index contributed by atoms with van der Waals surface area (Å²) in [5.74, 6) is 1.93. The number of nitrogens with one attached hydrogen (secondary N) is 2. The summed E-state index contributed by atoms with van der Waals surface area (Å²) < 4.78 is 10.5. The number of likely N-dealkylation sites (tertiary alicyclic amines) is 2. The van der Waals surface area contributed by atoms with Crippen molar-refractivity contribution in [2.75, 3.05) is 19.7 Å². The molecule has 11 nitrogen and oxygen atoms in total. The van der Waals surface area contributed by atoms with Crippen LogP contribution >= 0.6 is 0 Å². The van der Waals surface area contributed by atoms with Gasteiger partial charge in [0.15, 0.2) is 6.61 Å². The Morgan fingerprint density at radius 1 is 0.697 bits per heavy atom. The van der Waals surface area contributed by atoms with E-state index in [1.165, 1.54) is 49.9 Å². The highest BCUT2D eigenvalue weighted by Crippen LogP contribution is 2.36. The molecule has 2 amide bonds. The summed E-state index contributed by atoms with van der Waals surface area (Å²) in [5.41, 5.74) is 11.9. The molecule has 10 rings (SSSR count). The average Bonchev–Trinajstić information content (AvgIpc) is 4.19. The highest BCUT2D eigenvalue weighted by atomic mass is 16.5. The second kappa shape index (κ2) is 18.9. The van der Waals surface area contributed by atoms with E-state index in [9.17, 15) is 9.59 Å². The van der Waals surface area contributed by atoms with Crippen molar-refractivity contribution in [2.24, 2.45) is 11.8 Å². The molecule has 2 fully saturated rings. The lowest BCUT2D eigenvalue weighted by Crippen LogP contribution is -2.42. The molecular formula is C55H62N8O3. The Morgan fingerprint density at radius 2 is 1.29 bits per heavy atom. The Morgan fingerprint density at radius 3 is 1.86 bits per heavy atom. The van der Waals surface area contributed by atoms with Gasteiger partial charge < -0.3 is 23.7 Å². The number of aryl methyl sites for hydroxylation is 4. The smallest absolute Gasteiger partial charge is 0.260 e. The predicted octanol–water partition coefficient (Wildman–Crippen LogP) is 10.6. The van der Waals surface area contributed by atoms with Gasteiger partial charge in [-0.1, -0.05) is 60.2 Å². The Hall–Kier alpha value is -6.88. The summed E-state index contributed by atoms with van der Waals surface area (Å²) >= 11 is 0. The van der Waals surface area contributed by atoms with Gasteiger partial charge in [-0.3, -0.25) is 19.8 Å². The molecule has 11 heteroatoms. The molecule has 340 valence electrons. The normalized spacial score (nSPS) is 17.9. The standard InChI is InChI=1S/C29H34N4O.C26H28N4O2/c1-20-5-7-22(8-6-20)9-12-28(34)33-19-23(15-29(33,3)4)18-32-21(2)13-25-14-24(10-11-27(25)32)26-16-30-31-17-26;1-18-10-20(16-30(18)26(31)17-32-24-6-4-3-5-7-24)15-29-19(2)11-22-12-21(8-9-25(22)29)23-13-27-28-14-23/h5-8,10-11,13-14,16-17,23H,9,12,15,18-19H2,1-4H3,(H,30,31);3-9,11-14,18,20H,10,15-17H2,1-2H3,(H,27,28). The van der Waals surface area contributed by atoms with Crippen molar-refractivity contribution >= 4 is 33.6 Å². The van der Waals surface area contributed by atoms with Gasteiger partial charge in [0.25, 0.3) is 5.91 Å². The monoisotopic (exact) mass is 882 g/mol. The number of rotatable bonds is 12. The number of para-hydroxylation sites is 1. The van der Waals surface area contributed by atoms with Crippen LogP contribution in [-0.4, -0.2) is 82.4 Å². The van der Waals surface area contributed by atoms with Crippen LogP contribution in [0.4, 0.5) is 0 Å². The van der Waals surface area contributed by atoms with Gasteiger partial charge in [-0.25, -0.2) is 0 Å². The first-order valence-corrected chi connectivity index (χ1v) is 23.4. The summed E-state index contributed by atoms with van der Waals surface area (Å²) in [4.78, 5) is 30.1. The number of benzene rings is 4. The van der Waals surface area contributed by atoms with Crippen LogP contribution < -0.4 is 4.74 Å².